The van der Waals surface area contributed by atoms with Crippen LogP contribution in [0, 0.1) is 0 Å². The Hall–Kier alpha value is -0.910. The minimum Gasteiger partial charge on any atom is -0.480 e. The molecule has 1 atom stereocenters. The van der Waals surface area contributed by atoms with Crippen molar-refractivity contribution in [3.63, 3.8) is 0 Å². The second-order valence-corrected chi connectivity index (χ2v) is 5.40. The molecule has 4 nitrogen and oxygen atoms in total. The molecule has 1 aliphatic heterocycles. The number of nitrogens with zero attached hydrogens (tertiary/aromatic N) is 1. The van der Waals surface area contributed by atoms with Crippen LogP contribution in [0.15, 0.2) is 28.7 Å². The lowest BCUT2D eigenvalue weighted by Gasteiger charge is -2.40. The van der Waals surface area contributed by atoms with Crippen molar-refractivity contribution in [3.8, 4) is 0 Å². The van der Waals surface area contributed by atoms with Gasteiger partial charge >= 0.3 is 5.97 Å². The van der Waals surface area contributed by atoms with Gasteiger partial charge in [0.25, 0.3) is 0 Å². The van der Waals surface area contributed by atoms with Crippen LogP contribution in [-0.4, -0.2) is 42.3 Å². The molecule has 0 radical (unpaired) electrons. The summed E-state index contributed by atoms with van der Waals surface area (Å²) in [7, 11) is 0. The molecule has 1 heterocycles. The van der Waals surface area contributed by atoms with E-state index < -0.39 is 11.5 Å². The Morgan fingerprint density at radius 1 is 1.44 bits per heavy atom. The third kappa shape index (κ3) is 2.43. The van der Waals surface area contributed by atoms with E-state index in [0.717, 1.165) is 10.0 Å². The Balaban J connectivity index is 2.39. The standard InChI is InChI=1S/C13H16BrNO3/c1-13(12(16)17,15-5-7-18-8-6-15)10-3-2-4-11(14)9-10/h2-4,9H,5-8H2,1H3,(H,16,17). The van der Waals surface area contributed by atoms with E-state index in [9.17, 15) is 9.90 Å². The van der Waals surface area contributed by atoms with Crippen LogP contribution < -0.4 is 0 Å². The van der Waals surface area contributed by atoms with Gasteiger partial charge in [-0.25, -0.2) is 4.79 Å². The number of ether oxygens (including phenoxy) is 1. The molecule has 0 spiro atoms. The molecule has 0 amide bonds. The fraction of sp³-hybridized carbons (Fsp3) is 0.462. The first-order chi connectivity index (χ1) is 8.55. The van der Waals surface area contributed by atoms with E-state index >= 15 is 0 Å². The molecule has 1 unspecified atom stereocenters. The monoisotopic (exact) mass is 313 g/mol. The summed E-state index contributed by atoms with van der Waals surface area (Å²) in [6.45, 7) is 4.18. The van der Waals surface area contributed by atoms with E-state index in [1.54, 1.807) is 6.92 Å². The largest absolute Gasteiger partial charge is 0.480 e. The van der Waals surface area contributed by atoms with Gasteiger partial charge in [-0.1, -0.05) is 28.1 Å². The summed E-state index contributed by atoms with van der Waals surface area (Å²) in [6, 6.07) is 7.48. The number of carboxylic acid groups (broad SMARTS) is 1. The summed E-state index contributed by atoms with van der Waals surface area (Å²) < 4.78 is 6.18. The number of morpholine rings is 1. The average Bonchev–Trinajstić information content (AvgIpc) is 2.38. The number of hydrogen-bond acceptors (Lipinski definition) is 3. The smallest absolute Gasteiger partial charge is 0.328 e. The lowest BCUT2D eigenvalue weighted by Crippen LogP contribution is -2.54. The predicted octanol–water partition coefficient (Wildman–Crippen LogP) is 2.08. The molecule has 1 saturated heterocycles. The maximum atomic E-state index is 11.7. The van der Waals surface area contributed by atoms with E-state index in [1.807, 2.05) is 29.2 Å². The third-order valence-electron chi connectivity index (χ3n) is 3.45. The van der Waals surface area contributed by atoms with Gasteiger partial charge in [-0.15, -0.1) is 0 Å². The molecule has 1 aliphatic rings. The number of halogens is 1. The van der Waals surface area contributed by atoms with Crippen molar-refractivity contribution in [2.45, 2.75) is 12.5 Å². The number of rotatable bonds is 3. The first kappa shape index (κ1) is 13.5. The first-order valence-corrected chi connectivity index (χ1v) is 6.66. The topological polar surface area (TPSA) is 49.8 Å². The van der Waals surface area contributed by atoms with E-state index in [4.69, 9.17) is 4.74 Å². The molecular weight excluding hydrogens is 298 g/mol. The van der Waals surface area contributed by atoms with Crippen LogP contribution in [0.2, 0.25) is 0 Å². The van der Waals surface area contributed by atoms with Crippen LogP contribution in [0.3, 0.4) is 0 Å². The maximum absolute atomic E-state index is 11.7. The van der Waals surface area contributed by atoms with Crippen molar-refractivity contribution >= 4 is 21.9 Å². The Labute approximate surface area is 115 Å². The Morgan fingerprint density at radius 2 is 2.11 bits per heavy atom. The summed E-state index contributed by atoms with van der Waals surface area (Å²) in [5.41, 5.74) is -0.223. The van der Waals surface area contributed by atoms with E-state index in [1.165, 1.54) is 0 Å². The fourth-order valence-corrected chi connectivity index (χ4v) is 2.64. The normalized spacial score (nSPS) is 20.3. The van der Waals surface area contributed by atoms with Gasteiger partial charge in [-0.05, 0) is 24.6 Å². The second kappa shape index (κ2) is 5.38. The average molecular weight is 314 g/mol. The molecule has 18 heavy (non-hydrogen) atoms. The highest BCUT2D eigenvalue weighted by Crippen LogP contribution is 2.31. The molecule has 5 heteroatoms. The number of carbonyl (C=O) groups is 1. The molecule has 0 bridgehead atoms. The summed E-state index contributed by atoms with van der Waals surface area (Å²) in [5, 5.41) is 9.63. The van der Waals surface area contributed by atoms with Crippen LogP contribution in [0.4, 0.5) is 0 Å². The molecule has 1 fully saturated rings. The van der Waals surface area contributed by atoms with Crippen LogP contribution in [-0.2, 0) is 15.1 Å². The third-order valence-corrected chi connectivity index (χ3v) is 3.94. The first-order valence-electron chi connectivity index (χ1n) is 5.87. The zero-order chi connectivity index (χ0) is 13.2. The molecular formula is C13H16BrNO3. The lowest BCUT2D eigenvalue weighted by molar-refractivity contribution is -0.154. The van der Waals surface area contributed by atoms with Crippen molar-refractivity contribution in [1.29, 1.82) is 0 Å². The number of benzene rings is 1. The highest BCUT2D eigenvalue weighted by Gasteiger charge is 2.41. The zero-order valence-electron chi connectivity index (χ0n) is 10.2. The maximum Gasteiger partial charge on any atom is 0.328 e. The van der Waals surface area contributed by atoms with Crippen molar-refractivity contribution < 1.29 is 14.6 Å². The second-order valence-electron chi connectivity index (χ2n) is 4.49. The summed E-state index contributed by atoms with van der Waals surface area (Å²) in [4.78, 5) is 13.7. The summed E-state index contributed by atoms with van der Waals surface area (Å²) in [5.74, 6) is -0.831. The van der Waals surface area contributed by atoms with Crippen LogP contribution in [0.25, 0.3) is 0 Å². The number of hydrogen-bond donors (Lipinski definition) is 1. The molecule has 1 aromatic carbocycles. The summed E-state index contributed by atoms with van der Waals surface area (Å²) in [6.07, 6.45) is 0. The highest BCUT2D eigenvalue weighted by molar-refractivity contribution is 9.10. The van der Waals surface area contributed by atoms with Gasteiger partial charge in [0, 0.05) is 17.6 Å². The fourth-order valence-electron chi connectivity index (χ4n) is 2.24. The predicted molar refractivity (Wildman–Crippen MR) is 71.5 cm³/mol. The van der Waals surface area contributed by atoms with Gasteiger partial charge in [0.1, 0.15) is 5.54 Å². The van der Waals surface area contributed by atoms with E-state index in [-0.39, 0.29) is 0 Å². The van der Waals surface area contributed by atoms with Gasteiger partial charge in [0.05, 0.1) is 13.2 Å². The SMILES string of the molecule is CC(C(=O)O)(c1cccc(Br)c1)N1CCOCC1. The zero-order valence-corrected chi connectivity index (χ0v) is 11.8. The Kier molecular flexibility index (Phi) is 4.04. The van der Waals surface area contributed by atoms with Crippen molar-refractivity contribution in [1.82, 2.24) is 4.90 Å². The lowest BCUT2D eigenvalue weighted by atomic mass is 9.89. The molecule has 1 aromatic rings. The molecule has 0 aromatic heterocycles. The minimum absolute atomic E-state index is 0.580. The molecule has 98 valence electrons. The van der Waals surface area contributed by atoms with Crippen molar-refractivity contribution in [2.75, 3.05) is 26.3 Å². The van der Waals surface area contributed by atoms with Gasteiger partial charge in [0.15, 0.2) is 0 Å². The van der Waals surface area contributed by atoms with Crippen molar-refractivity contribution in [3.05, 3.63) is 34.3 Å². The van der Waals surface area contributed by atoms with Gasteiger partial charge in [-0.3, -0.25) is 4.90 Å². The number of carboxylic acids is 1. The van der Waals surface area contributed by atoms with E-state index in [0.29, 0.717) is 26.3 Å². The van der Waals surface area contributed by atoms with Gasteiger partial charge in [0.2, 0.25) is 0 Å². The molecule has 2 rings (SSSR count). The quantitative estimate of drug-likeness (QED) is 0.928. The number of aliphatic carboxylic acids is 1. The highest BCUT2D eigenvalue weighted by atomic mass is 79.9. The van der Waals surface area contributed by atoms with E-state index in [2.05, 4.69) is 15.9 Å². The van der Waals surface area contributed by atoms with Crippen LogP contribution in [0.1, 0.15) is 12.5 Å². The molecule has 1 N–H and O–H groups in total. The Bertz CT molecular complexity index is 446. The molecule has 0 saturated carbocycles. The minimum atomic E-state index is -1.01. The summed E-state index contributed by atoms with van der Waals surface area (Å²) >= 11 is 3.39. The molecule has 0 aliphatic carbocycles. The van der Waals surface area contributed by atoms with Gasteiger partial charge in [-0.2, -0.15) is 0 Å². The van der Waals surface area contributed by atoms with Crippen molar-refractivity contribution in [2.24, 2.45) is 0 Å². The van der Waals surface area contributed by atoms with Crippen LogP contribution >= 0.6 is 15.9 Å². The Morgan fingerprint density at radius 3 is 2.67 bits per heavy atom. The van der Waals surface area contributed by atoms with Crippen LogP contribution in [0.5, 0.6) is 0 Å². The van der Waals surface area contributed by atoms with Gasteiger partial charge < -0.3 is 9.84 Å².